The van der Waals surface area contributed by atoms with Crippen molar-refractivity contribution in [3.8, 4) is 0 Å². The van der Waals surface area contributed by atoms with Crippen LogP contribution in [-0.2, 0) is 11.8 Å². The van der Waals surface area contributed by atoms with Crippen LogP contribution in [0.1, 0.15) is 36.0 Å². The molecule has 21 heavy (non-hydrogen) atoms. The van der Waals surface area contributed by atoms with Gasteiger partial charge in [-0.2, -0.15) is 0 Å². The van der Waals surface area contributed by atoms with E-state index < -0.39 is 0 Å². The van der Waals surface area contributed by atoms with E-state index in [1.165, 1.54) is 41.2 Å². The van der Waals surface area contributed by atoms with E-state index >= 15 is 0 Å². The summed E-state index contributed by atoms with van der Waals surface area (Å²) in [5.41, 5.74) is 4.61. The molecule has 2 aliphatic rings. The van der Waals surface area contributed by atoms with Gasteiger partial charge in [0.25, 0.3) is 0 Å². The first-order valence-corrected chi connectivity index (χ1v) is 8.94. The third-order valence-electron chi connectivity index (χ3n) is 4.92. The lowest BCUT2D eigenvalue weighted by Crippen LogP contribution is -2.27. The van der Waals surface area contributed by atoms with Gasteiger partial charge >= 0.3 is 0 Å². The quantitative estimate of drug-likeness (QED) is 0.376. The van der Waals surface area contributed by atoms with Crippen molar-refractivity contribution in [3.05, 3.63) is 65.3 Å². The second-order valence-electron chi connectivity index (χ2n) is 6.17. The molecule has 2 aliphatic carbocycles. The topological polar surface area (TPSA) is 0 Å². The first kappa shape index (κ1) is 13.3. The Hall–Kier alpha value is -1.34. The van der Waals surface area contributed by atoms with Gasteiger partial charge in [-0.05, 0) is 46.7 Å². The van der Waals surface area contributed by atoms with Crippen LogP contribution in [0.5, 0.6) is 0 Å². The van der Waals surface area contributed by atoms with E-state index in [9.17, 15) is 0 Å². The summed E-state index contributed by atoms with van der Waals surface area (Å²) < 4.78 is 0. The number of hydrogen-bond donors (Lipinski definition) is 0. The Labute approximate surface area is 134 Å². The highest BCUT2D eigenvalue weighted by Gasteiger charge is 2.34. The molecule has 0 bridgehead atoms. The van der Waals surface area contributed by atoms with E-state index in [-0.39, 0.29) is 5.41 Å². The maximum atomic E-state index is 3.56. The molecular formula is C20H19Br. The van der Waals surface area contributed by atoms with Gasteiger partial charge in [-0.25, -0.2) is 0 Å². The predicted octanol–water partition coefficient (Wildman–Crippen LogP) is 5.78. The van der Waals surface area contributed by atoms with Crippen molar-refractivity contribution in [1.29, 1.82) is 0 Å². The molecule has 4 rings (SSSR count). The van der Waals surface area contributed by atoms with Gasteiger partial charge in [-0.1, -0.05) is 77.0 Å². The molecule has 0 spiro atoms. The summed E-state index contributed by atoms with van der Waals surface area (Å²) in [7, 11) is 0. The zero-order valence-corrected chi connectivity index (χ0v) is 13.7. The van der Waals surface area contributed by atoms with Gasteiger partial charge in [0.1, 0.15) is 0 Å². The second kappa shape index (κ2) is 5.14. The van der Waals surface area contributed by atoms with E-state index in [1.54, 1.807) is 5.56 Å². The highest BCUT2D eigenvalue weighted by Crippen LogP contribution is 2.46. The van der Waals surface area contributed by atoms with Crippen LogP contribution in [0.3, 0.4) is 0 Å². The molecule has 1 atom stereocenters. The number of halogens is 1. The average Bonchev–Trinajstić information content (AvgIpc) is 2.53. The molecule has 0 heterocycles. The highest BCUT2D eigenvalue weighted by molar-refractivity contribution is 9.09. The summed E-state index contributed by atoms with van der Waals surface area (Å²) in [5.74, 6) is 0. The summed E-state index contributed by atoms with van der Waals surface area (Å²) in [4.78, 5) is 0. The second-order valence-corrected chi connectivity index (χ2v) is 6.96. The number of hydrogen-bond acceptors (Lipinski definition) is 0. The number of unbranched alkanes of at least 4 members (excludes halogenated alkanes) is 1. The lowest BCUT2D eigenvalue weighted by molar-refractivity contribution is 0.557. The van der Waals surface area contributed by atoms with Crippen LogP contribution in [-0.4, -0.2) is 5.33 Å². The maximum absolute atomic E-state index is 3.56. The minimum absolute atomic E-state index is 0.129. The molecule has 0 amide bonds. The Morgan fingerprint density at radius 1 is 1.05 bits per heavy atom. The van der Waals surface area contributed by atoms with E-state index in [2.05, 4.69) is 70.6 Å². The van der Waals surface area contributed by atoms with Crippen molar-refractivity contribution in [2.45, 2.75) is 31.1 Å². The fourth-order valence-corrected chi connectivity index (χ4v) is 4.35. The van der Waals surface area contributed by atoms with Gasteiger partial charge in [-0.15, -0.1) is 0 Å². The molecule has 0 aliphatic heterocycles. The van der Waals surface area contributed by atoms with Gasteiger partial charge in [-0.3, -0.25) is 0 Å². The van der Waals surface area contributed by atoms with Gasteiger partial charge in [0, 0.05) is 10.7 Å². The van der Waals surface area contributed by atoms with Crippen LogP contribution in [0.25, 0.3) is 16.8 Å². The Bertz CT molecular complexity index is 754. The normalized spacial score (nSPS) is 22.0. The van der Waals surface area contributed by atoms with Gasteiger partial charge in [0.2, 0.25) is 0 Å². The van der Waals surface area contributed by atoms with E-state index in [1.807, 2.05) is 0 Å². The third-order valence-corrected chi connectivity index (χ3v) is 5.48. The fourth-order valence-electron chi connectivity index (χ4n) is 3.95. The molecule has 1 heteroatoms. The molecule has 0 fully saturated rings. The molecule has 0 nitrogen and oxygen atoms in total. The number of rotatable bonds is 4. The fraction of sp³-hybridized carbons (Fsp3) is 0.300. The monoisotopic (exact) mass is 338 g/mol. The predicted molar refractivity (Wildman–Crippen MR) is 95.1 cm³/mol. The molecular weight excluding hydrogens is 320 g/mol. The first-order valence-electron chi connectivity index (χ1n) is 7.82. The average molecular weight is 339 g/mol. The zero-order valence-electron chi connectivity index (χ0n) is 12.1. The van der Waals surface area contributed by atoms with Crippen LogP contribution in [0.2, 0.25) is 0 Å². The Balaban J connectivity index is 1.94. The van der Waals surface area contributed by atoms with Gasteiger partial charge in [0.05, 0.1) is 0 Å². The maximum Gasteiger partial charge on any atom is 0.0324 e. The SMILES string of the molecule is BrCCCCC12C=CCc3ccc4cccc(c4c31)C=C2. The highest BCUT2D eigenvalue weighted by atomic mass is 79.9. The van der Waals surface area contributed by atoms with Crippen molar-refractivity contribution in [1.82, 2.24) is 0 Å². The summed E-state index contributed by atoms with van der Waals surface area (Å²) >= 11 is 3.56. The molecule has 0 N–H and O–H groups in total. The lowest BCUT2D eigenvalue weighted by atomic mass is 9.66. The van der Waals surface area contributed by atoms with Crippen LogP contribution in [0.15, 0.2) is 48.6 Å². The summed E-state index contributed by atoms with van der Waals surface area (Å²) in [6.45, 7) is 0. The third kappa shape index (κ3) is 2.02. The van der Waals surface area contributed by atoms with Crippen molar-refractivity contribution in [2.24, 2.45) is 0 Å². The zero-order chi connectivity index (χ0) is 14.3. The molecule has 0 radical (unpaired) electrons. The van der Waals surface area contributed by atoms with Crippen LogP contribution < -0.4 is 0 Å². The van der Waals surface area contributed by atoms with E-state index in [4.69, 9.17) is 0 Å². The molecule has 2 aromatic rings. The van der Waals surface area contributed by atoms with Crippen molar-refractivity contribution in [2.75, 3.05) is 5.33 Å². The standard InChI is InChI=1S/C20H19Br/c21-14-2-1-11-20-12-4-7-17-9-8-15-5-3-6-16(10-13-20)18(15)19(17)20/h3-6,8-10,12-13H,1-2,7,11,14H2. The summed E-state index contributed by atoms with van der Waals surface area (Å²) in [6, 6.07) is 11.3. The van der Waals surface area contributed by atoms with Crippen molar-refractivity contribution < 1.29 is 0 Å². The van der Waals surface area contributed by atoms with Crippen LogP contribution >= 0.6 is 15.9 Å². The number of benzene rings is 2. The summed E-state index contributed by atoms with van der Waals surface area (Å²) in [6.07, 6.45) is 14.4. The Kier molecular flexibility index (Phi) is 3.26. The number of allylic oxidation sites excluding steroid dienone is 3. The number of alkyl halides is 1. The smallest absolute Gasteiger partial charge is 0.0324 e. The Morgan fingerprint density at radius 2 is 2.00 bits per heavy atom. The molecule has 106 valence electrons. The molecule has 1 unspecified atom stereocenters. The van der Waals surface area contributed by atoms with Crippen LogP contribution in [0.4, 0.5) is 0 Å². The minimum Gasteiger partial charge on any atom is -0.0928 e. The van der Waals surface area contributed by atoms with E-state index in [0.717, 1.165) is 11.8 Å². The summed E-state index contributed by atoms with van der Waals surface area (Å²) in [5, 5.41) is 3.97. The molecule has 0 saturated carbocycles. The van der Waals surface area contributed by atoms with Crippen molar-refractivity contribution in [3.63, 3.8) is 0 Å². The molecule has 2 aromatic carbocycles. The molecule has 0 aromatic heterocycles. The Morgan fingerprint density at radius 3 is 2.90 bits per heavy atom. The van der Waals surface area contributed by atoms with Gasteiger partial charge < -0.3 is 0 Å². The minimum atomic E-state index is 0.129. The largest absolute Gasteiger partial charge is 0.0928 e. The van der Waals surface area contributed by atoms with Crippen molar-refractivity contribution >= 4 is 32.8 Å². The van der Waals surface area contributed by atoms with Gasteiger partial charge in [0.15, 0.2) is 0 Å². The van der Waals surface area contributed by atoms with E-state index in [0.29, 0.717) is 0 Å². The lowest BCUT2D eigenvalue weighted by Gasteiger charge is -2.37. The first-order chi connectivity index (χ1) is 10.3. The molecule has 0 saturated heterocycles. The van der Waals surface area contributed by atoms with Crippen LogP contribution in [0, 0.1) is 0 Å².